The van der Waals surface area contributed by atoms with E-state index in [4.69, 9.17) is 9.73 Å². The summed E-state index contributed by atoms with van der Waals surface area (Å²) in [5, 5.41) is 1.17. The fourth-order valence-corrected chi connectivity index (χ4v) is 5.10. The molecule has 5 nitrogen and oxygen atoms in total. The monoisotopic (exact) mass is 356 g/mol. The molecule has 0 unspecified atom stereocenters. The van der Waals surface area contributed by atoms with Crippen LogP contribution in [0.15, 0.2) is 47.7 Å². The fourth-order valence-electron chi connectivity index (χ4n) is 3.76. The Morgan fingerprint density at radius 3 is 2.96 bits per heavy atom. The average Bonchev–Trinajstić information content (AvgIpc) is 3.35. The number of aromatic nitrogens is 2. The number of nitrogens with zero attached hydrogens (tertiary/aromatic N) is 4. The third kappa shape index (κ3) is 2.98. The molecule has 1 saturated heterocycles. The van der Waals surface area contributed by atoms with Crippen molar-refractivity contribution < 1.29 is 4.74 Å². The molecule has 0 spiro atoms. The third-order valence-corrected chi connectivity index (χ3v) is 6.16. The Morgan fingerprint density at radius 2 is 2.20 bits per heavy atom. The maximum absolute atomic E-state index is 5.29. The molecule has 0 radical (unpaired) electrons. The van der Waals surface area contributed by atoms with Crippen LogP contribution < -0.4 is 0 Å². The van der Waals surface area contributed by atoms with Crippen LogP contribution in [0.4, 0.5) is 0 Å². The lowest BCUT2D eigenvalue weighted by Crippen LogP contribution is -2.36. The van der Waals surface area contributed by atoms with Crippen LogP contribution in [0.3, 0.4) is 0 Å². The Kier molecular flexibility index (Phi) is 4.81. The second kappa shape index (κ2) is 7.22. The molecular weight excluding hydrogens is 332 g/mol. The van der Waals surface area contributed by atoms with Crippen molar-refractivity contribution in [1.82, 2.24) is 14.5 Å². The second-order valence-electron chi connectivity index (χ2n) is 6.46. The summed E-state index contributed by atoms with van der Waals surface area (Å²) < 4.78 is 7.60. The summed E-state index contributed by atoms with van der Waals surface area (Å²) >= 11 is 1.88. The van der Waals surface area contributed by atoms with Gasteiger partial charge in [0.2, 0.25) is 0 Å². The van der Waals surface area contributed by atoms with Crippen LogP contribution in [0.2, 0.25) is 0 Å². The zero-order valence-electron chi connectivity index (χ0n) is 14.7. The van der Waals surface area contributed by atoms with E-state index in [9.17, 15) is 0 Å². The minimum atomic E-state index is 0.0502. The largest absolute Gasteiger partial charge is 0.383 e. The molecule has 4 heterocycles. The number of hydrogen-bond acceptors (Lipinski definition) is 5. The first-order valence-electron chi connectivity index (χ1n) is 8.87. The lowest BCUT2D eigenvalue weighted by atomic mass is 9.99. The molecule has 2 aromatic rings. The number of aliphatic imine (C=N–C) groups is 1. The summed E-state index contributed by atoms with van der Waals surface area (Å²) in [6.07, 6.45) is 5.15. The van der Waals surface area contributed by atoms with Crippen LogP contribution in [0, 0.1) is 0 Å². The fraction of sp³-hybridized carbons (Fsp3) is 0.474. The van der Waals surface area contributed by atoms with Crippen LogP contribution in [0.1, 0.15) is 36.8 Å². The molecule has 2 aromatic heterocycles. The van der Waals surface area contributed by atoms with Gasteiger partial charge in [0.15, 0.2) is 5.17 Å². The van der Waals surface area contributed by atoms with E-state index < -0.39 is 0 Å². The summed E-state index contributed by atoms with van der Waals surface area (Å²) in [6.45, 7) is 3.84. The molecule has 1 fully saturated rings. The minimum absolute atomic E-state index is 0.0502. The average molecular weight is 356 g/mol. The summed E-state index contributed by atoms with van der Waals surface area (Å²) in [5.74, 6) is 1.12. The number of ether oxygens (including phenoxy) is 1. The lowest BCUT2D eigenvalue weighted by molar-refractivity contribution is 0.182. The smallest absolute Gasteiger partial charge is 0.160 e. The van der Waals surface area contributed by atoms with Crippen LogP contribution in [0.25, 0.3) is 0 Å². The lowest BCUT2D eigenvalue weighted by Gasteiger charge is -2.32. The first-order chi connectivity index (χ1) is 12.3. The van der Waals surface area contributed by atoms with Gasteiger partial charge in [0.05, 0.1) is 18.3 Å². The summed E-state index contributed by atoms with van der Waals surface area (Å²) in [5.41, 5.74) is 2.34. The molecule has 4 rings (SSSR count). The summed E-state index contributed by atoms with van der Waals surface area (Å²) in [6, 6.07) is 11.3. The van der Waals surface area contributed by atoms with Crippen molar-refractivity contribution in [2.45, 2.75) is 38.0 Å². The molecule has 0 saturated carbocycles. The molecule has 132 valence electrons. The third-order valence-electron chi connectivity index (χ3n) is 5.03. The quantitative estimate of drug-likeness (QED) is 0.794. The van der Waals surface area contributed by atoms with Gasteiger partial charge in [-0.1, -0.05) is 24.8 Å². The number of thioether (sulfide) groups is 1. The zero-order valence-corrected chi connectivity index (χ0v) is 15.5. The Labute approximate surface area is 153 Å². The van der Waals surface area contributed by atoms with Gasteiger partial charge in [-0.05, 0) is 30.7 Å². The molecule has 0 amide bonds. The van der Waals surface area contributed by atoms with Crippen molar-refractivity contribution in [3.63, 3.8) is 0 Å². The Balaban J connectivity index is 1.74. The molecule has 0 bridgehead atoms. The van der Waals surface area contributed by atoms with Crippen LogP contribution in [-0.2, 0) is 11.3 Å². The second-order valence-corrected chi connectivity index (χ2v) is 7.44. The van der Waals surface area contributed by atoms with Gasteiger partial charge >= 0.3 is 0 Å². The Morgan fingerprint density at radius 1 is 1.28 bits per heavy atom. The predicted octanol–water partition coefficient (Wildman–Crippen LogP) is 3.51. The molecule has 6 heteroatoms. The van der Waals surface area contributed by atoms with Gasteiger partial charge in [0.1, 0.15) is 6.04 Å². The highest BCUT2D eigenvalue weighted by molar-refractivity contribution is 8.14. The molecular formula is C19H24N4OS. The predicted molar refractivity (Wildman–Crippen MR) is 102 cm³/mol. The van der Waals surface area contributed by atoms with Gasteiger partial charge in [0.25, 0.3) is 0 Å². The van der Waals surface area contributed by atoms with Gasteiger partial charge in [-0.15, -0.1) is 0 Å². The van der Waals surface area contributed by atoms with Gasteiger partial charge in [0, 0.05) is 43.5 Å². The van der Waals surface area contributed by atoms with Crippen molar-refractivity contribution in [1.29, 1.82) is 0 Å². The standard InChI is InChI=1S/C19H24N4OS/c1-3-14-13-25-19-21-17(15-7-4-5-9-20-15)18(23(14)19)16-8-6-10-22(16)11-12-24-2/h4-10,14,17-18H,3,11-13H2,1-2H3/t14-,17+,18+/m1/s1. The normalized spacial score (nSPS) is 25.3. The maximum Gasteiger partial charge on any atom is 0.160 e. The van der Waals surface area contributed by atoms with E-state index >= 15 is 0 Å². The highest BCUT2D eigenvalue weighted by Gasteiger charge is 2.46. The Bertz CT molecular complexity index is 745. The molecule has 25 heavy (non-hydrogen) atoms. The van der Waals surface area contributed by atoms with Crippen molar-refractivity contribution >= 4 is 16.9 Å². The van der Waals surface area contributed by atoms with E-state index in [1.165, 1.54) is 10.9 Å². The van der Waals surface area contributed by atoms with Crippen molar-refractivity contribution in [2.24, 2.45) is 4.99 Å². The molecule has 0 aromatic carbocycles. The van der Waals surface area contributed by atoms with E-state index in [2.05, 4.69) is 51.8 Å². The van der Waals surface area contributed by atoms with Crippen molar-refractivity contribution in [2.75, 3.05) is 19.5 Å². The number of amidine groups is 1. The van der Waals surface area contributed by atoms with Gasteiger partial charge in [-0.25, -0.2) is 0 Å². The SMILES string of the molecule is CC[C@@H]1CSC2=N[C@@H](c3ccccn3)[C@H](c3cccn3CCOC)N21. The zero-order chi connectivity index (χ0) is 17.2. The molecule has 0 aliphatic carbocycles. The van der Waals surface area contributed by atoms with Crippen LogP contribution in [-0.4, -0.2) is 45.1 Å². The topological polar surface area (TPSA) is 42.6 Å². The molecule has 3 atom stereocenters. The van der Waals surface area contributed by atoms with E-state index in [0.29, 0.717) is 12.6 Å². The highest BCUT2D eigenvalue weighted by Crippen LogP contribution is 2.48. The van der Waals surface area contributed by atoms with Gasteiger partial charge in [-0.3, -0.25) is 9.98 Å². The summed E-state index contributed by atoms with van der Waals surface area (Å²) in [4.78, 5) is 12.2. The van der Waals surface area contributed by atoms with E-state index in [1.807, 2.05) is 24.0 Å². The van der Waals surface area contributed by atoms with E-state index in [1.54, 1.807) is 7.11 Å². The van der Waals surface area contributed by atoms with Crippen molar-refractivity contribution in [3.8, 4) is 0 Å². The number of pyridine rings is 1. The molecule has 0 N–H and O–H groups in total. The minimum Gasteiger partial charge on any atom is -0.383 e. The number of methoxy groups -OCH3 is 1. The highest BCUT2D eigenvalue weighted by atomic mass is 32.2. The van der Waals surface area contributed by atoms with Gasteiger partial charge in [-0.2, -0.15) is 0 Å². The maximum atomic E-state index is 5.29. The van der Waals surface area contributed by atoms with Crippen LogP contribution in [0.5, 0.6) is 0 Å². The van der Waals surface area contributed by atoms with E-state index in [-0.39, 0.29) is 12.1 Å². The first kappa shape index (κ1) is 16.7. The number of fused-ring (bicyclic) bond motifs is 1. The van der Waals surface area contributed by atoms with Gasteiger partial charge < -0.3 is 14.2 Å². The number of rotatable bonds is 6. The number of hydrogen-bond donors (Lipinski definition) is 0. The van der Waals surface area contributed by atoms with Crippen LogP contribution >= 0.6 is 11.8 Å². The molecule has 2 aliphatic rings. The van der Waals surface area contributed by atoms with E-state index in [0.717, 1.165) is 24.4 Å². The first-order valence-corrected chi connectivity index (χ1v) is 9.86. The van der Waals surface area contributed by atoms with Crippen molar-refractivity contribution in [3.05, 3.63) is 54.1 Å². The summed E-state index contributed by atoms with van der Waals surface area (Å²) in [7, 11) is 1.75. The Hall–Kier alpha value is -1.79. The molecule has 2 aliphatic heterocycles.